The van der Waals surface area contributed by atoms with Gasteiger partial charge in [-0.15, -0.1) is 24.0 Å². The second-order valence-corrected chi connectivity index (χ2v) is 8.97. The van der Waals surface area contributed by atoms with Crippen LogP contribution in [0, 0.1) is 0 Å². The van der Waals surface area contributed by atoms with Crippen molar-refractivity contribution in [2.45, 2.75) is 49.1 Å². The zero-order chi connectivity index (χ0) is 18.0. The molecule has 0 aromatic rings. The number of aliphatic hydroxyl groups excluding tert-OH is 1. The van der Waals surface area contributed by atoms with Gasteiger partial charge in [0, 0.05) is 20.1 Å². The Labute approximate surface area is 163 Å². The van der Waals surface area contributed by atoms with Gasteiger partial charge in [-0.05, 0) is 12.8 Å². The fourth-order valence-corrected chi connectivity index (χ4v) is 5.61. The van der Waals surface area contributed by atoms with Gasteiger partial charge in [0.25, 0.3) is 0 Å². The molecule has 25 heavy (non-hydrogen) atoms. The van der Waals surface area contributed by atoms with Crippen molar-refractivity contribution in [2.24, 2.45) is 4.99 Å². The summed E-state index contributed by atoms with van der Waals surface area (Å²) in [5, 5.41) is 11.6. The molecular formula is C14H25F3IN3O3S. The van der Waals surface area contributed by atoms with Crippen molar-refractivity contribution >= 4 is 39.8 Å². The molecule has 1 heterocycles. The smallest absolute Gasteiger partial charge is 0.382 e. The number of aliphatic imine (C=N–C) groups is 1. The molecule has 0 aromatic carbocycles. The number of hydrogen-bond acceptors (Lipinski definition) is 4. The molecule has 6 nitrogen and oxygen atoms in total. The van der Waals surface area contributed by atoms with Crippen molar-refractivity contribution in [1.82, 2.24) is 10.2 Å². The number of sulfone groups is 1. The Bertz CT molecular complexity index is 578. The van der Waals surface area contributed by atoms with Crippen molar-refractivity contribution in [3.8, 4) is 0 Å². The van der Waals surface area contributed by atoms with Crippen molar-refractivity contribution in [1.29, 1.82) is 0 Å². The van der Waals surface area contributed by atoms with Gasteiger partial charge in [0.15, 0.2) is 21.9 Å². The summed E-state index contributed by atoms with van der Waals surface area (Å²) in [6.45, 7) is -0.296. The molecule has 1 spiro atoms. The minimum absolute atomic E-state index is 0. The summed E-state index contributed by atoms with van der Waals surface area (Å²) < 4.78 is 61.5. The Balaban J connectivity index is 0.00000312. The maximum Gasteiger partial charge on any atom is 0.416 e. The second-order valence-electron chi connectivity index (χ2n) is 6.47. The van der Waals surface area contributed by atoms with Crippen LogP contribution in [0.4, 0.5) is 13.2 Å². The summed E-state index contributed by atoms with van der Waals surface area (Å²) in [6.07, 6.45) is -3.37. The summed E-state index contributed by atoms with van der Waals surface area (Å²) in [5.74, 6) is 0.161. The summed E-state index contributed by atoms with van der Waals surface area (Å²) in [4.78, 5) is 5.64. The average Bonchev–Trinajstić information content (AvgIpc) is 2.51. The minimum atomic E-state index is -4.71. The monoisotopic (exact) mass is 499 g/mol. The van der Waals surface area contributed by atoms with E-state index in [1.807, 2.05) is 0 Å². The van der Waals surface area contributed by atoms with E-state index in [2.05, 4.69) is 10.3 Å². The van der Waals surface area contributed by atoms with Gasteiger partial charge in [-0.25, -0.2) is 8.42 Å². The zero-order valence-corrected chi connectivity index (χ0v) is 17.2. The van der Waals surface area contributed by atoms with Crippen LogP contribution >= 0.6 is 24.0 Å². The number of halogens is 4. The fourth-order valence-electron chi connectivity index (χ4n) is 3.45. The van der Waals surface area contributed by atoms with E-state index >= 15 is 0 Å². The lowest BCUT2D eigenvalue weighted by Gasteiger charge is -2.45. The number of nitrogens with one attached hydrogen (secondary N) is 1. The molecule has 11 heteroatoms. The van der Waals surface area contributed by atoms with E-state index < -0.39 is 33.4 Å². The first kappa shape index (κ1) is 22.7. The van der Waals surface area contributed by atoms with Crippen molar-refractivity contribution in [2.75, 3.05) is 32.4 Å². The fraction of sp³-hybridized carbons (Fsp3) is 0.929. The van der Waals surface area contributed by atoms with Gasteiger partial charge in [-0.2, -0.15) is 13.2 Å². The molecule has 1 aliphatic heterocycles. The van der Waals surface area contributed by atoms with Crippen LogP contribution in [0.5, 0.6) is 0 Å². The molecule has 1 saturated heterocycles. The van der Waals surface area contributed by atoms with Crippen LogP contribution in [0.2, 0.25) is 0 Å². The zero-order valence-electron chi connectivity index (χ0n) is 14.0. The van der Waals surface area contributed by atoms with Crippen LogP contribution in [0.25, 0.3) is 0 Å². The molecule has 1 unspecified atom stereocenters. The summed E-state index contributed by atoms with van der Waals surface area (Å²) in [5.41, 5.74) is 0. The molecule has 0 radical (unpaired) electrons. The van der Waals surface area contributed by atoms with Gasteiger partial charge in [-0.3, -0.25) is 4.99 Å². The van der Waals surface area contributed by atoms with Gasteiger partial charge in [0.2, 0.25) is 0 Å². The molecule has 0 amide bonds. The molecule has 2 rings (SSSR count). The predicted octanol–water partition coefficient (Wildman–Crippen LogP) is 1.54. The van der Waals surface area contributed by atoms with Crippen molar-refractivity contribution in [3.63, 3.8) is 0 Å². The summed E-state index contributed by atoms with van der Waals surface area (Å²) in [6, 6.07) is 0. The van der Waals surface area contributed by atoms with E-state index in [0.717, 1.165) is 19.3 Å². The molecule has 1 atom stereocenters. The first-order valence-corrected chi connectivity index (χ1v) is 9.69. The van der Waals surface area contributed by atoms with E-state index in [9.17, 15) is 21.6 Å². The Hall–Kier alpha value is -0.300. The van der Waals surface area contributed by atoms with Crippen LogP contribution in [0.1, 0.15) is 32.1 Å². The maximum atomic E-state index is 12.5. The Kier molecular flexibility index (Phi) is 7.82. The minimum Gasteiger partial charge on any atom is -0.382 e. The van der Waals surface area contributed by atoms with E-state index in [-0.39, 0.29) is 48.8 Å². The normalized spacial score (nSPS) is 24.5. The molecule has 1 aliphatic carbocycles. The Morgan fingerprint density at radius 2 is 1.92 bits per heavy atom. The van der Waals surface area contributed by atoms with Crippen LogP contribution in [-0.2, 0) is 9.84 Å². The quantitative estimate of drug-likeness (QED) is 0.343. The average molecular weight is 499 g/mol. The molecule has 2 aliphatic rings. The molecule has 1 saturated carbocycles. The molecule has 2 N–H and O–H groups in total. The van der Waals surface area contributed by atoms with E-state index in [0.29, 0.717) is 12.8 Å². The second kappa shape index (κ2) is 8.59. The van der Waals surface area contributed by atoms with E-state index in [1.54, 1.807) is 4.90 Å². The first-order chi connectivity index (χ1) is 11.1. The maximum absolute atomic E-state index is 12.5. The van der Waals surface area contributed by atoms with Gasteiger partial charge < -0.3 is 15.3 Å². The Morgan fingerprint density at radius 1 is 1.32 bits per heavy atom. The predicted molar refractivity (Wildman–Crippen MR) is 100 cm³/mol. The lowest BCUT2D eigenvalue weighted by Crippen LogP contribution is -2.61. The number of rotatable bonds is 2. The number of hydrogen-bond donors (Lipinski definition) is 2. The van der Waals surface area contributed by atoms with Crippen LogP contribution in [0.3, 0.4) is 0 Å². The molecule has 148 valence electrons. The number of nitrogens with zero attached hydrogens (tertiary/aromatic N) is 2. The first-order valence-electron chi connectivity index (χ1n) is 8.04. The van der Waals surface area contributed by atoms with Gasteiger partial charge >= 0.3 is 6.18 Å². The summed E-state index contributed by atoms with van der Waals surface area (Å²) in [7, 11) is -1.80. The number of alkyl halides is 3. The molecule has 2 fully saturated rings. The summed E-state index contributed by atoms with van der Waals surface area (Å²) >= 11 is 0. The highest BCUT2D eigenvalue weighted by molar-refractivity contribution is 14.0. The topological polar surface area (TPSA) is 82.0 Å². The SMILES string of the molecule is CN=C(NCC(O)C(F)(F)F)N1CCS(=O)(=O)C2(CCCCC2)C1.I. The number of aliphatic hydroxyl groups is 1. The van der Waals surface area contributed by atoms with E-state index in [1.165, 1.54) is 7.05 Å². The Morgan fingerprint density at radius 3 is 2.44 bits per heavy atom. The van der Waals surface area contributed by atoms with Crippen LogP contribution in [-0.4, -0.2) is 73.8 Å². The third kappa shape index (κ3) is 5.12. The lowest BCUT2D eigenvalue weighted by molar-refractivity contribution is -0.201. The van der Waals surface area contributed by atoms with Crippen molar-refractivity contribution in [3.05, 3.63) is 0 Å². The third-order valence-corrected chi connectivity index (χ3v) is 7.45. The van der Waals surface area contributed by atoms with Crippen molar-refractivity contribution < 1.29 is 26.7 Å². The van der Waals surface area contributed by atoms with Gasteiger partial charge in [0.1, 0.15) is 0 Å². The third-order valence-electron chi connectivity index (χ3n) is 4.88. The lowest BCUT2D eigenvalue weighted by atomic mass is 9.87. The molecular weight excluding hydrogens is 474 g/mol. The largest absolute Gasteiger partial charge is 0.416 e. The highest BCUT2D eigenvalue weighted by Gasteiger charge is 2.49. The van der Waals surface area contributed by atoms with Crippen LogP contribution in [0.15, 0.2) is 4.99 Å². The molecule has 0 bridgehead atoms. The highest BCUT2D eigenvalue weighted by atomic mass is 127. The van der Waals surface area contributed by atoms with Gasteiger partial charge in [-0.1, -0.05) is 19.3 Å². The number of guanidine groups is 1. The van der Waals surface area contributed by atoms with Crippen LogP contribution < -0.4 is 5.32 Å². The van der Waals surface area contributed by atoms with Gasteiger partial charge in [0.05, 0.1) is 17.0 Å². The highest BCUT2D eigenvalue weighted by Crippen LogP contribution is 2.38. The standard InChI is InChI=1S/C14H24F3N3O3S.HI/c1-18-12(19-9-11(21)14(15,16)17)20-7-8-24(22,23)13(10-20)5-3-2-4-6-13;/h11,21H,2-10H2,1H3,(H,18,19);1H. The van der Waals surface area contributed by atoms with E-state index in [4.69, 9.17) is 5.11 Å². The molecule has 0 aromatic heterocycles.